The van der Waals surface area contributed by atoms with E-state index < -0.39 is 141 Å². The van der Waals surface area contributed by atoms with Crippen LogP contribution in [0.15, 0.2) is 177 Å². The number of nitrogens with zero attached hydrogens (tertiary/aromatic N) is 6. The van der Waals surface area contributed by atoms with Gasteiger partial charge in [0.15, 0.2) is 0 Å². The fourth-order valence-electron chi connectivity index (χ4n) is 8.89. The van der Waals surface area contributed by atoms with Crippen molar-refractivity contribution in [3.63, 3.8) is 0 Å². The molecule has 0 aliphatic rings. The molecular weight excluding hydrogens is 2920 g/mol. The zero-order valence-electron chi connectivity index (χ0n) is 71.0. The van der Waals surface area contributed by atoms with Crippen molar-refractivity contribution in [2.24, 2.45) is 0 Å². The largest absolute Gasteiger partial charge is 0.497 e. The number of carboxylic acids is 6. The summed E-state index contributed by atoms with van der Waals surface area (Å²) in [7, 11) is 2.93. The molecule has 0 amide bonds. The van der Waals surface area contributed by atoms with E-state index in [4.69, 9.17) is 68.9 Å². The summed E-state index contributed by atoms with van der Waals surface area (Å²) >= 11 is 0. The van der Waals surface area contributed by atoms with Crippen molar-refractivity contribution in [1.29, 1.82) is 0 Å². The van der Waals surface area contributed by atoms with Gasteiger partial charge in [-0.3, -0.25) is 39.5 Å². The summed E-state index contributed by atoms with van der Waals surface area (Å²) in [5, 5.41) is 45.2. The number of ether oxygens (including phenoxy) is 2. The number of pyridine rings is 6. The number of benzene rings is 6. The van der Waals surface area contributed by atoms with Crippen LogP contribution in [-0.4, -0.2) is 139 Å². The van der Waals surface area contributed by atoms with Gasteiger partial charge in [0.05, 0.1) is 67.4 Å². The molecule has 0 saturated heterocycles. The van der Waals surface area contributed by atoms with Crippen LogP contribution in [0.3, 0.4) is 0 Å². The number of methoxy groups -OCH3 is 2. The van der Waals surface area contributed by atoms with E-state index in [-0.39, 0.29) is 160 Å². The van der Waals surface area contributed by atoms with Crippen LogP contribution in [0.2, 0.25) is 0 Å². The third kappa shape index (κ3) is 53.2. The zero-order chi connectivity index (χ0) is 98.8. The third-order valence-electron chi connectivity index (χ3n) is 13.9. The molecule has 12 N–H and O–H groups in total. The maximum Gasteiger partial charge on any atom is 0.477 e. The van der Waals surface area contributed by atoms with Crippen LogP contribution in [0.1, 0.15) is 86.1 Å². The molecule has 20 nitrogen and oxygen atoms in total. The number of aliphatic carboxylic acids is 6. The summed E-state index contributed by atoms with van der Waals surface area (Å²) < 4.78 is 279. The maximum absolute atomic E-state index is 13.8. The first-order valence-corrected chi connectivity index (χ1v) is 35.3. The van der Waals surface area contributed by atoms with E-state index in [2.05, 4.69) is 66.3 Å². The van der Waals surface area contributed by atoms with Crippen LogP contribution < -0.4 is 9.47 Å². The summed E-state index contributed by atoms with van der Waals surface area (Å²) in [6.45, 7) is 14.2. The van der Waals surface area contributed by atoms with Gasteiger partial charge < -0.3 is 98.8 Å². The van der Waals surface area contributed by atoms with Gasteiger partial charge in [-0.25, -0.2) is 0 Å². The first-order chi connectivity index (χ1) is 59.7. The maximum atomic E-state index is 13.8. The zero-order valence-corrected chi connectivity index (χ0v) is 85.4. The van der Waals surface area contributed by atoms with Crippen molar-refractivity contribution in [3.8, 4) is 79.0 Å². The van der Waals surface area contributed by atoms with E-state index in [0.29, 0.717) is 75.7 Å². The Morgan fingerprint density at radius 2 is 0.570 bits per heavy atom. The molecule has 6 aromatic heterocycles. The molecule has 12 rings (SSSR count). The van der Waals surface area contributed by atoms with E-state index in [1.165, 1.54) is 98.9 Å². The Balaban J connectivity index is -0.000000349. The monoisotopic (exact) mass is 3000 g/mol. The number of hydrogen-bond acceptors (Lipinski definition) is 8. The molecule has 12 aromatic rings. The minimum Gasteiger partial charge on any atom is -0.497 e. The van der Waals surface area contributed by atoms with Crippen LogP contribution >= 0.6 is 0 Å². The van der Waals surface area contributed by atoms with Crippen molar-refractivity contribution in [1.82, 2.24) is 29.9 Å². The molecule has 0 bridgehead atoms. The molecule has 0 aliphatic carbocycles. The standard InChI is InChI=1S/C13H7F5N.C13H8F4NO.2C13H8F4N.C12H8F2NO.C12H8F2N.6C2H4O2.6Ir/c1-7-4-5-19-10(6-7)8-2-3-9(14)11(12(8)15)13(16,17)18;1-19-9-4-5-18-12(7-9)8-2-3-11(14)10(6-8)13(15,16)17;1-8-4-5-18-12(6-8)9-2-3-11(14)10(7-9)13(15,16)17;1-8-3-2-6-18-12(8)9-4-5-11(14)10(7-9)13(15,16)17;1-16-9-4-5-15-12(7-9)10-3-2-8(13)6-11(10)14;1-8-4-5-15-12(6-8)10-3-2-9(13)7-11(10)14;6*1-2(3)4;;;;;;/h3-6H,1H3;3-7H,1H3;3-7H,1H3;2-3,5-7H,1H3;2,4-7H,1H3;2,4-7H,1H3;6*1H3,(H,3,4);;;;;;/q6*-1;;;;;;;;;;;;/p+6. The molecule has 47 heteroatoms. The van der Waals surface area contributed by atoms with Crippen LogP contribution in [0.4, 0.5) is 92.2 Å². The number of alkyl halides is 12. The molecule has 0 saturated carbocycles. The van der Waals surface area contributed by atoms with Gasteiger partial charge in [0.1, 0.15) is 11.5 Å². The van der Waals surface area contributed by atoms with Crippen LogP contribution in [-0.2, 0) is 145 Å². The first kappa shape index (κ1) is 135. The Morgan fingerprint density at radius 1 is 0.304 bits per heavy atom. The Labute approximate surface area is 838 Å². The number of aliphatic hydroxyl groups excluding tert-OH is 6. The Morgan fingerprint density at radius 3 is 0.874 bits per heavy atom. The number of aryl methyl sites for hydroxylation is 4. The Hall–Kier alpha value is -10.9. The second-order valence-corrected chi connectivity index (χ2v) is 24.9. The molecular formula is C88H77F21Ir6N6O14. The Kier molecular flexibility index (Phi) is 65.6. The minimum atomic E-state index is -5.11. The average Bonchev–Trinajstić information content (AvgIpc) is 0.775. The predicted molar refractivity (Wildman–Crippen MR) is 434 cm³/mol. The molecule has 0 fully saturated rings. The van der Waals surface area contributed by atoms with Crippen molar-refractivity contribution in [3.05, 3.63) is 310 Å². The number of halogens is 21. The smallest absolute Gasteiger partial charge is 0.477 e. The summed E-state index contributed by atoms with van der Waals surface area (Å²) in [4.78, 5) is 68.7. The third-order valence-corrected chi connectivity index (χ3v) is 13.9. The van der Waals surface area contributed by atoms with E-state index in [9.17, 15) is 92.2 Å². The molecule has 744 valence electrons. The van der Waals surface area contributed by atoms with Crippen molar-refractivity contribution < 1.29 is 282 Å². The quantitative estimate of drug-likeness (QED) is 0.0468. The summed E-state index contributed by atoms with van der Waals surface area (Å²) in [6, 6.07) is 42.4. The van der Waals surface area contributed by atoms with Crippen LogP contribution in [0.25, 0.3) is 67.5 Å². The SMILES string of the molecule is CC(O)=[OH+].CC(O)=[OH+].CC(O)=[OH+].CC(O)=[OH+].CC(O)=[OH+].CC(O)=[OH+].COc1ccnc(-c2[c-]cc(F)c(C(F)(F)F)c2)c1.COc1ccnc(-c2[c-]cc(F)cc2F)c1.Cc1cccnc1-c1[c-]cc(F)c(C(F)(F)F)c1.Cc1ccnc(-c2[c-]cc(F)c(C(F)(F)F)c2)c1.Cc1ccnc(-c2[c-]cc(F)c(C(F)(F)F)c2F)c1.Cc1ccnc(-c2[c-]cc(F)cc2F)c1.[Ir].[Ir].[Ir].[Ir].[Ir].[Ir]. The van der Waals surface area contributed by atoms with E-state index in [1.54, 1.807) is 81.6 Å². The molecule has 0 atom stereocenters. The van der Waals surface area contributed by atoms with Gasteiger partial charge >= 0.3 is 60.5 Å². The molecule has 6 radical (unpaired) electrons. The van der Waals surface area contributed by atoms with E-state index in [1.807, 2.05) is 13.0 Å². The second kappa shape index (κ2) is 65.7. The fraction of sp³-hybridized carbons (Fsp3) is 0.182. The fourth-order valence-corrected chi connectivity index (χ4v) is 8.89. The van der Waals surface area contributed by atoms with Gasteiger partial charge in [0.25, 0.3) is 0 Å². The number of hydrogen-bond donors (Lipinski definition) is 6. The van der Waals surface area contributed by atoms with Crippen LogP contribution in [0.5, 0.6) is 11.5 Å². The predicted octanol–water partition coefficient (Wildman–Crippen LogP) is 22.3. The Bertz CT molecular complexity index is 5620. The molecule has 0 spiro atoms. The second-order valence-electron chi connectivity index (χ2n) is 24.9. The summed E-state index contributed by atoms with van der Waals surface area (Å²) in [5.41, 5.74) is -0.829. The first-order valence-electron chi connectivity index (χ1n) is 35.3. The van der Waals surface area contributed by atoms with E-state index in [0.717, 1.165) is 47.5 Å². The number of carboxylic acid groups (broad SMARTS) is 6. The van der Waals surface area contributed by atoms with Gasteiger partial charge in [-0.2, -0.15) is 52.7 Å². The summed E-state index contributed by atoms with van der Waals surface area (Å²) in [5.74, 6) is -12.6. The van der Waals surface area contributed by atoms with Gasteiger partial charge in [-0.15, -0.1) is 108 Å². The van der Waals surface area contributed by atoms with Gasteiger partial charge in [0, 0.05) is 221 Å². The number of rotatable bonds is 8. The normalized spacial score (nSPS) is 9.81. The molecule has 0 aliphatic heterocycles. The molecule has 0 unspecified atom stereocenters. The average molecular weight is 2990 g/mol. The van der Waals surface area contributed by atoms with Crippen molar-refractivity contribution in [2.45, 2.75) is 93.9 Å². The number of aromatic nitrogens is 6. The minimum absolute atomic E-state index is 0. The van der Waals surface area contributed by atoms with Crippen LogP contribution in [0, 0.1) is 116 Å². The van der Waals surface area contributed by atoms with Gasteiger partial charge in [-0.1, -0.05) is 75.3 Å². The van der Waals surface area contributed by atoms with Crippen molar-refractivity contribution in [2.75, 3.05) is 14.2 Å². The topological polar surface area (TPSA) is 346 Å². The molecule has 6 aromatic carbocycles. The van der Waals surface area contributed by atoms with Gasteiger partial charge in [-0.05, 0) is 110 Å². The van der Waals surface area contributed by atoms with E-state index >= 15 is 0 Å². The van der Waals surface area contributed by atoms with Crippen molar-refractivity contribution >= 4 is 35.8 Å². The molecule has 135 heavy (non-hydrogen) atoms. The summed E-state index contributed by atoms with van der Waals surface area (Å²) in [6.07, 6.45) is -10.6. The van der Waals surface area contributed by atoms with Gasteiger partial charge in [0.2, 0.25) is 0 Å². The molecule has 6 heterocycles.